The lowest BCUT2D eigenvalue weighted by Crippen LogP contribution is -2.48. The van der Waals surface area contributed by atoms with Gasteiger partial charge in [0, 0.05) is 24.5 Å². The monoisotopic (exact) mass is 468 g/mol. The van der Waals surface area contributed by atoms with Gasteiger partial charge in [0.2, 0.25) is 5.91 Å². The molecule has 0 radical (unpaired) electrons. The Balaban J connectivity index is 1.67. The SMILES string of the molecule is C#CCOC[C@@H](O)CN(CC=C)CC(=O)N1CCc2sccc2[C@H]1COc1ccc(C)cc1. The van der Waals surface area contributed by atoms with Crippen LogP contribution in [-0.2, 0) is 16.0 Å². The molecule has 2 atom stereocenters. The van der Waals surface area contributed by atoms with Crippen LogP contribution in [0.4, 0.5) is 0 Å². The van der Waals surface area contributed by atoms with Gasteiger partial charge in [0.05, 0.1) is 25.3 Å². The zero-order chi connectivity index (χ0) is 23.6. The molecule has 0 saturated carbocycles. The van der Waals surface area contributed by atoms with Crippen LogP contribution in [0.5, 0.6) is 5.75 Å². The van der Waals surface area contributed by atoms with E-state index in [4.69, 9.17) is 15.9 Å². The summed E-state index contributed by atoms with van der Waals surface area (Å²) in [7, 11) is 0. The van der Waals surface area contributed by atoms with Crippen molar-refractivity contribution in [1.29, 1.82) is 0 Å². The van der Waals surface area contributed by atoms with Crippen molar-refractivity contribution in [3.63, 3.8) is 0 Å². The van der Waals surface area contributed by atoms with Crippen LogP contribution in [0.25, 0.3) is 0 Å². The molecule has 3 rings (SSSR count). The molecule has 0 fully saturated rings. The first-order chi connectivity index (χ1) is 16.0. The van der Waals surface area contributed by atoms with Crippen molar-refractivity contribution in [1.82, 2.24) is 9.80 Å². The maximum Gasteiger partial charge on any atom is 0.237 e. The number of carbonyl (C=O) groups excluding carboxylic acids is 1. The number of aryl methyl sites for hydroxylation is 1. The Morgan fingerprint density at radius 1 is 1.42 bits per heavy atom. The molecule has 1 aromatic carbocycles. The minimum Gasteiger partial charge on any atom is -0.491 e. The number of hydrogen-bond donors (Lipinski definition) is 1. The second-order valence-electron chi connectivity index (χ2n) is 8.13. The first kappa shape index (κ1) is 25.0. The third-order valence-electron chi connectivity index (χ3n) is 5.55. The predicted octanol–water partition coefficient (Wildman–Crippen LogP) is 3.06. The van der Waals surface area contributed by atoms with Gasteiger partial charge in [0.25, 0.3) is 0 Å². The Bertz CT molecular complexity index is 950. The van der Waals surface area contributed by atoms with Crippen LogP contribution >= 0.6 is 11.3 Å². The summed E-state index contributed by atoms with van der Waals surface area (Å²) in [5.41, 5.74) is 2.33. The van der Waals surface area contributed by atoms with Crippen LogP contribution in [0.2, 0.25) is 0 Å². The van der Waals surface area contributed by atoms with E-state index < -0.39 is 6.10 Å². The molecule has 0 aliphatic carbocycles. The summed E-state index contributed by atoms with van der Waals surface area (Å²) in [5.74, 6) is 3.17. The van der Waals surface area contributed by atoms with E-state index in [9.17, 15) is 9.90 Å². The van der Waals surface area contributed by atoms with E-state index in [1.165, 1.54) is 10.4 Å². The highest BCUT2D eigenvalue weighted by atomic mass is 32.1. The molecule has 1 N–H and O–H groups in total. The lowest BCUT2D eigenvalue weighted by atomic mass is 10.0. The van der Waals surface area contributed by atoms with Crippen LogP contribution < -0.4 is 4.74 Å². The fourth-order valence-corrected chi connectivity index (χ4v) is 4.89. The fraction of sp³-hybridized carbons (Fsp3) is 0.423. The van der Waals surface area contributed by atoms with Crippen LogP contribution in [0, 0.1) is 19.3 Å². The Morgan fingerprint density at radius 3 is 2.94 bits per heavy atom. The van der Waals surface area contributed by atoms with Crippen molar-refractivity contribution in [2.45, 2.75) is 25.5 Å². The van der Waals surface area contributed by atoms with Crippen molar-refractivity contribution in [2.24, 2.45) is 0 Å². The molecule has 0 bridgehead atoms. The first-order valence-electron chi connectivity index (χ1n) is 11.1. The largest absolute Gasteiger partial charge is 0.491 e. The van der Waals surface area contributed by atoms with Gasteiger partial charge < -0.3 is 19.5 Å². The van der Waals surface area contributed by atoms with Crippen molar-refractivity contribution in [2.75, 3.05) is 46.0 Å². The molecule has 1 aliphatic rings. The molecule has 176 valence electrons. The summed E-state index contributed by atoms with van der Waals surface area (Å²) in [6, 6.07) is 9.88. The summed E-state index contributed by atoms with van der Waals surface area (Å²) < 4.78 is 11.3. The van der Waals surface area contributed by atoms with Crippen molar-refractivity contribution in [3.05, 3.63) is 64.4 Å². The summed E-state index contributed by atoms with van der Waals surface area (Å²) in [6.45, 7) is 8.09. The third-order valence-corrected chi connectivity index (χ3v) is 6.55. The number of ether oxygens (including phenoxy) is 2. The molecule has 1 aliphatic heterocycles. The summed E-state index contributed by atoms with van der Waals surface area (Å²) >= 11 is 1.73. The first-order valence-corrected chi connectivity index (χ1v) is 12.0. The molecule has 2 aromatic rings. The molecule has 0 saturated heterocycles. The quantitative estimate of drug-likeness (QED) is 0.295. The number of nitrogens with zero attached hydrogens (tertiary/aromatic N) is 2. The molecule has 2 heterocycles. The Labute approximate surface area is 200 Å². The maximum absolute atomic E-state index is 13.4. The lowest BCUT2D eigenvalue weighted by molar-refractivity contribution is -0.136. The van der Waals surface area contributed by atoms with Crippen molar-refractivity contribution >= 4 is 17.2 Å². The van der Waals surface area contributed by atoms with E-state index in [2.05, 4.69) is 23.9 Å². The topological polar surface area (TPSA) is 62.2 Å². The van der Waals surface area contributed by atoms with E-state index in [-0.39, 0.29) is 31.7 Å². The Kier molecular flexibility index (Phi) is 9.52. The Morgan fingerprint density at radius 2 is 2.21 bits per heavy atom. The van der Waals surface area contributed by atoms with Crippen molar-refractivity contribution in [3.8, 4) is 18.1 Å². The van der Waals surface area contributed by atoms with Gasteiger partial charge in [-0.2, -0.15) is 0 Å². The average molecular weight is 469 g/mol. The third kappa shape index (κ3) is 7.18. The highest BCUT2D eigenvalue weighted by Crippen LogP contribution is 2.34. The Hall–Kier alpha value is -2.63. The van der Waals surface area contributed by atoms with Crippen LogP contribution in [0.3, 0.4) is 0 Å². The van der Waals surface area contributed by atoms with E-state index in [0.29, 0.717) is 26.2 Å². The number of benzene rings is 1. The molecule has 1 aromatic heterocycles. The lowest BCUT2D eigenvalue weighted by Gasteiger charge is -2.37. The number of carbonyl (C=O) groups is 1. The molecule has 0 spiro atoms. The van der Waals surface area contributed by atoms with Gasteiger partial charge in [0.15, 0.2) is 0 Å². The summed E-state index contributed by atoms with van der Waals surface area (Å²) in [4.78, 5) is 18.5. The zero-order valence-corrected chi connectivity index (χ0v) is 19.9. The highest BCUT2D eigenvalue weighted by molar-refractivity contribution is 7.10. The molecule has 6 nitrogen and oxygen atoms in total. The molecule has 33 heavy (non-hydrogen) atoms. The zero-order valence-electron chi connectivity index (χ0n) is 19.1. The maximum atomic E-state index is 13.4. The number of fused-ring (bicyclic) bond motifs is 1. The second kappa shape index (κ2) is 12.6. The number of amides is 1. The summed E-state index contributed by atoms with van der Waals surface area (Å²) in [5, 5.41) is 12.3. The van der Waals surface area contributed by atoms with Gasteiger partial charge in [0.1, 0.15) is 19.0 Å². The van der Waals surface area contributed by atoms with Gasteiger partial charge >= 0.3 is 0 Å². The van der Waals surface area contributed by atoms with E-state index in [1.54, 1.807) is 17.4 Å². The predicted molar refractivity (Wildman–Crippen MR) is 131 cm³/mol. The van der Waals surface area contributed by atoms with Crippen LogP contribution in [-0.4, -0.2) is 72.9 Å². The number of thiophene rings is 1. The molecular formula is C26H32N2O4S. The molecular weight excluding hydrogens is 436 g/mol. The minimum atomic E-state index is -0.739. The number of terminal acetylenes is 1. The fourth-order valence-electron chi connectivity index (χ4n) is 3.96. The van der Waals surface area contributed by atoms with Gasteiger partial charge in [-0.1, -0.05) is 29.7 Å². The number of hydrogen-bond acceptors (Lipinski definition) is 6. The molecule has 7 heteroatoms. The van der Waals surface area contributed by atoms with E-state index in [1.807, 2.05) is 41.0 Å². The second-order valence-corrected chi connectivity index (χ2v) is 9.13. The average Bonchev–Trinajstić information content (AvgIpc) is 3.28. The molecule has 1 amide bonds. The molecule has 0 unspecified atom stereocenters. The standard InChI is InChI=1S/C26H32N2O4S/c1-4-12-27(16-21(29)18-31-14-5-2)17-26(30)28-13-10-25-23(11-15-33-25)24(28)19-32-22-8-6-20(3)7-9-22/h2,4,6-9,11,15,21,24,29H,1,10,12-14,16-19H2,3H3/t21-,24+/m0/s1. The number of rotatable bonds is 12. The van der Waals surface area contributed by atoms with Crippen LogP contribution in [0.15, 0.2) is 48.4 Å². The van der Waals surface area contributed by atoms with E-state index in [0.717, 1.165) is 17.7 Å². The minimum absolute atomic E-state index is 0.00273. The smallest absolute Gasteiger partial charge is 0.237 e. The van der Waals surface area contributed by atoms with Crippen LogP contribution in [0.1, 0.15) is 22.0 Å². The van der Waals surface area contributed by atoms with Gasteiger partial charge in [-0.25, -0.2) is 0 Å². The van der Waals surface area contributed by atoms with Crippen molar-refractivity contribution < 1.29 is 19.4 Å². The van der Waals surface area contributed by atoms with Gasteiger partial charge in [-0.3, -0.25) is 9.69 Å². The normalized spacial score (nSPS) is 16.2. The van der Waals surface area contributed by atoms with Gasteiger partial charge in [-0.15, -0.1) is 24.3 Å². The highest BCUT2D eigenvalue weighted by Gasteiger charge is 2.33. The summed E-state index contributed by atoms with van der Waals surface area (Å²) in [6.07, 6.45) is 7.01. The number of aliphatic hydroxyl groups is 1. The van der Waals surface area contributed by atoms with Gasteiger partial charge in [-0.05, 0) is 42.5 Å². The number of aliphatic hydroxyl groups excluding tert-OH is 1. The van der Waals surface area contributed by atoms with E-state index >= 15 is 0 Å².